The second kappa shape index (κ2) is 7.81. The molecule has 0 aromatic rings. The Morgan fingerprint density at radius 1 is 1.35 bits per heavy atom. The summed E-state index contributed by atoms with van der Waals surface area (Å²) < 4.78 is 10.8. The van der Waals surface area contributed by atoms with Gasteiger partial charge >= 0.3 is 6.09 Å². The summed E-state index contributed by atoms with van der Waals surface area (Å²) in [5.41, 5.74) is 5.37. The van der Waals surface area contributed by atoms with Gasteiger partial charge in [-0.2, -0.15) is 0 Å². The first-order chi connectivity index (χ1) is 9.37. The van der Waals surface area contributed by atoms with Crippen molar-refractivity contribution < 1.29 is 14.3 Å². The Bertz CT molecular complexity index is 305. The topological polar surface area (TPSA) is 68.0 Å². The van der Waals surface area contributed by atoms with Gasteiger partial charge in [-0.15, -0.1) is 0 Å². The fraction of sp³-hybridized carbons (Fsp3) is 0.929. The van der Waals surface area contributed by atoms with Crippen LogP contribution in [-0.4, -0.2) is 73.5 Å². The number of rotatable bonds is 5. The van der Waals surface area contributed by atoms with Crippen LogP contribution in [0, 0.1) is 0 Å². The third kappa shape index (κ3) is 5.64. The Morgan fingerprint density at radius 2 is 2.05 bits per heavy atom. The van der Waals surface area contributed by atoms with E-state index in [2.05, 4.69) is 4.90 Å². The van der Waals surface area contributed by atoms with E-state index in [9.17, 15) is 4.79 Å². The van der Waals surface area contributed by atoms with Crippen LogP contribution in [0.4, 0.5) is 4.79 Å². The molecule has 0 aromatic heterocycles. The molecule has 2 N–H and O–H groups in total. The van der Waals surface area contributed by atoms with Gasteiger partial charge < -0.3 is 20.1 Å². The maximum Gasteiger partial charge on any atom is 0.410 e. The van der Waals surface area contributed by atoms with E-state index in [1.54, 1.807) is 4.90 Å². The molecule has 1 unspecified atom stereocenters. The molecular formula is C14H29N3O3. The SMILES string of the molecule is CCOCCN1CCN(C(=O)OC(C)(C)C)CC1CN. The lowest BCUT2D eigenvalue weighted by Gasteiger charge is -2.41. The number of carbonyl (C=O) groups excluding carboxylic acids is 1. The lowest BCUT2D eigenvalue weighted by Crippen LogP contribution is -2.58. The van der Waals surface area contributed by atoms with Crippen molar-refractivity contribution in [3.05, 3.63) is 0 Å². The maximum absolute atomic E-state index is 12.1. The highest BCUT2D eigenvalue weighted by Gasteiger charge is 2.30. The lowest BCUT2D eigenvalue weighted by molar-refractivity contribution is 0.0000751. The summed E-state index contributed by atoms with van der Waals surface area (Å²) in [4.78, 5) is 16.1. The number of ether oxygens (including phenoxy) is 2. The van der Waals surface area contributed by atoms with E-state index in [1.165, 1.54) is 0 Å². The third-order valence-corrected chi connectivity index (χ3v) is 3.26. The first kappa shape index (κ1) is 17.2. The van der Waals surface area contributed by atoms with Crippen LogP contribution in [0.3, 0.4) is 0 Å². The standard InChI is InChI=1S/C14H29N3O3/c1-5-19-9-8-16-6-7-17(11-12(16)10-15)13(18)20-14(2,3)4/h12H,5-11,15H2,1-4H3. The maximum atomic E-state index is 12.1. The molecule has 1 rings (SSSR count). The van der Waals surface area contributed by atoms with Gasteiger partial charge in [0.2, 0.25) is 0 Å². The molecule has 0 radical (unpaired) electrons. The van der Waals surface area contributed by atoms with E-state index in [4.69, 9.17) is 15.2 Å². The van der Waals surface area contributed by atoms with Gasteiger partial charge in [0.05, 0.1) is 6.61 Å². The van der Waals surface area contributed by atoms with E-state index in [-0.39, 0.29) is 12.1 Å². The number of hydrogen-bond donors (Lipinski definition) is 1. The van der Waals surface area contributed by atoms with Crippen LogP contribution in [0.5, 0.6) is 0 Å². The monoisotopic (exact) mass is 287 g/mol. The highest BCUT2D eigenvalue weighted by atomic mass is 16.6. The van der Waals surface area contributed by atoms with Crippen LogP contribution in [0.15, 0.2) is 0 Å². The zero-order valence-corrected chi connectivity index (χ0v) is 13.2. The average molecular weight is 287 g/mol. The zero-order chi connectivity index (χ0) is 15.2. The number of piperazine rings is 1. The highest BCUT2D eigenvalue weighted by molar-refractivity contribution is 5.68. The number of amides is 1. The van der Waals surface area contributed by atoms with Crippen molar-refractivity contribution in [1.29, 1.82) is 0 Å². The molecule has 1 aliphatic heterocycles. The summed E-state index contributed by atoms with van der Waals surface area (Å²) in [6.07, 6.45) is -0.250. The molecule has 0 spiro atoms. The normalized spacial score (nSPS) is 21.1. The van der Waals surface area contributed by atoms with Crippen molar-refractivity contribution in [2.45, 2.75) is 39.3 Å². The number of nitrogens with zero attached hydrogens (tertiary/aromatic N) is 2. The molecule has 6 nitrogen and oxygen atoms in total. The fourth-order valence-corrected chi connectivity index (χ4v) is 2.23. The minimum Gasteiger partial charge on any atom is -0.444 e. The Labute approximate surface area is 122 Å². The zero-order valence-electron chi connectivity index (χ0n) is 13.2. The first-order valence-electron chi connectivity index (χ1n) is 7.37. The van der Waals surface area contributed by atoms with Crippen molar-refractivity contribution >= 4 is 6.09 Å². The van der Waals surface area contributed by atoms with E-state index < -0.39 is 5.60 Å². The molecule has 1 amide bonds. The minimum absolute atomic E-state index is 0.178. The van der Waals surface area contributed by atoms with Gasteiger partial charge in [0.25, 0.3) is 0 Å². The van der Waals surface area contributed by atoms with Gasteiger partial charge in [0, 0.05) is 45.4 Å². The Kier molecular flexibility index (Phi) is 6.71. The molecule has 1 saturated heterocycles. The number of nitrogens with two attached hydrogens (primary N) is 1. The molecule has 1 aliphatic rings. The summed E-state index contributed by atoms with van der Waals surface area (Å²) in [7, 11) is 0. The molecular weight excluding hydrogens is 258 g/mol. The molecule has 0 bridgehead atoms. The van der Waals surface area contributed by atoms with Gasteiger partial charge in [0.1, 0.15) is 5.60 Å². The van der Waals surface area contributed by atoms with Crippen LogP contribution in [0.2, 0.25) is 0 Å². The van der Waals surface area contributed by atoms with Crippen molar-refractivity contribution in [3.63, 3.8) is 0 Å². The molecule has 118 valence electrons. The molecule has 6 heteroatoms. The van der Waals surface area contributed by atoms with Crippen LogP contribution in [-0.2, 0) is 9.47 Å². The minimum atomic E-state index is -0.457. The Morgan fingerprint density at radius 3 is 2.60 bits per heavy atom. The van der Waals surface area contributed by atoms with E-state index in [1.807, 2.05) is 27.7 Å². The van der Waals surface area contributed by atoms with Gasteiger partial charge in [-0.05, 0) is 27.7 Å². The van der Waals surface area contributed by atoms with Crippen LogP contribution in [0.25, 0.3) is 0 Å². The van der Waals surface area contributed by atoms with Crippen molar-refractivity contribution in [2.24, 2.45) is 5.73 Å². The summed E-state index contributed by atoms with van der Waals surface area (Å²) in [5, 5.41) is 0. The molecule has 1 heterocycles. The second-order valence-electron chi connectivity index (χ2n) is 6.05. The molecule has 1 atom stereocenters. The van der Waals surface area contributed by atoms with Crippen molar-refractivity contribution in [3.8, 4) is 0 Å². The molecule has 0 aliphatic carbocycles. The Balaban J connectivity index is 2.47. The number of hydrogen-bond acceptors (Lipinski definition) is 5. The van der Waals surface area contributed by atoms with E-state index in [0.717, 1.165) is 19.7 Å². The fourth-order valence-electron chi connectivity index (χ4n) is 2.23. The van der Waals surface area contributed by atoms with Crippen LogP contribution < -0.4 is 5.73 Å². The molecule has 20 heavy (non-hydrogen) atoms. The molecule has 0 saturated carbocycles. The predicted octanol–water partition coefficient (Wildman–Crippen LogP) is 0.903. The molecule has 0 aromatic carbocycles. The largest absolute Gasteiger partial charge is 0.444 e. The smallest absolute Gasteiger partial charge is 0.410 e. The van der Waals surface area contributed by atoms with Gasteiger partial charge in [-0.25, -0.2) is 4.79 Å². The van der Waals surface area contributed by atoms with Crippen LogP contribution in [0.1, 0.15) is 27.7 Å². The first-order valence-corrected chi connectivity index (χ1v) is 7.37. The quantitative estimate of drug-likeness (QED) is 0.761. The van der Waals surface area contributed by atoms with Gasteiger partial charge in [-0.1, -0.05) is 0 Å². The summed E-state index contributed by atoms with van der Waals surface area (Å²) in [5.74, 6) is 0. The number of carbonyl (C=O) groups is 1. The summed E-state index contributed by atoms with van der Waals surface area (Å²) in [6, 6.07) is 0.178. The third-order valence-electron chi connectivity index (χ3n) is 3.26. The van der Waals surface area contributed by atoms with Gasteiger partial charge in [0.15, 0.2) is 0 Å². The molecule has 1 fully saturated rings. The van der Waals surface area contributed by atoms with E-state index in [0.29, 0.717) is 26.2 Å². The summed E-state index contributed by atoms with van der Waals surface area (Å²) in [6.45, 7) is 12.6. The highest BCUT2D eigenvalue weighted by Crippen LogP contribution is 2.14. The Hall–Kier alpha value is -0.850. The second-order valence-corrected chi connectivity index (χ2v) is 6.05. The van der Waals surface area contributed by atoms with Crippen molar-refractivity contribution in [1.82, 2.24) is 9.80 Å². The lowest BCUT2D eigenvalue weighted by atomic mass is 10.1. The van der Waals surface area contributed by atoms with Gasteiger partial charge in [-0.3, -0.25) is 4.90 Å². The van der Waals surface area contributed by atoms with E-state index >= 15 is 0 Å². The predicted molar refractivity (Wildman–Crippen MR) is 78.7 cm³/mol. The van der Waals surface area contributed by atoms with Crippen LogP contribution >= 0.6 is 0 Å². The summed E-state index contributed by atoms with van der Waals surface area (Å²) >= 11 is 0. The van der Waals surface area contributed by atoms with Crippen molar-refractivity contribution in [2.75, 3.05) is 45.9 Å². The average Bonchev–Trinajstić information content (AvgIpc) is 2.37.